The molecule has 1 heterocycles. The minimum absolute atomic E-state index is 0.305. The first kappa shape index (κ1) is 18.2. The number of hydrogen-bond acceptors (Lipinski definition) is 4. The number of nitrogens with one attached hydrogen (secondary N) is 1. The highest BCUT2D eigenvalue weighted by atomic mass is 16.5. The predicted octanol–water partition coefficient (Wildman–Crippen LogP) is 3.89. The van der Waals surface area contributed by atoms with Gasteiger partial charge in [-0.05, 0) is 43.0 Å². The lowest BCUT2D eigenvalue weighted by atomic mass is 10.1. The lowest BCUT2D eigenvalue weighted by Gasteiger charge is -2.10. The average Bonchev–Trinajstić information content (AvgIpc) is 3.56. The Bertz CT molecular complexity index is 1040. The summed E-state index contributed by atoms with van der Waals surface area (Å²) in [6.07, 6.45) is 2.20. The highest BCUT2D eigenvalue weighted by Crippen LogP contribution is 2.40. The molecule has 0 unspecified atom stereocenters. The number of pyridine rings is 1. The molecule has 2 aromatic carbocycles. The number of aryl methyl sites for hydroxylation is 1. The fourth-order valence-electron chi connectivity index (χ4n) is 3.22. The summed E-state index contributed by atoms with van der Waals surface area (Å²) in [4.78, 5) is 29.4. The van der Waals surface area contributed by atoms with E-state index in [0.29, 0.717) is 18.0 Å². The van der Waals surface area contributed by atoms with Gasteiger partial charge in [-0.15, -0.1) is 0 Å². The van der Waals surface area contributed by atoms with Crippen molar-refractivity contribution in [2.45, 2.75) is 32.2 Å². The van der Waals surface area contributed by atoms with Crippen LogP contribution in [0.15, 0.2) is 54.6 Å². The van der Waals surface area contributed by atoms with Gasteiger partial charge in [0.25, 0.3) is 5.91 Å². The third kappa shape index (κ3) is 4.03. The molecular weight excluding hydrogens is 352 g/mol. The first-order valence-electron chi connectivity index (χ1n) is 9.50. The van der Waals surface area contributed by atoms with E-state index in [4.69, 9.17) is 4.74 Å². The van der Waals surface area contributed by atoms with Gasteiger partial charge in [-0.3, -0.25) is 9.78 Å². The Morgan fingerprint density at radius 2 is 1.86 bits per heavy atom. The summed E-state index contributed by atoms with van der Waals surface area (Å²) in [5, 5.41) is 3.54. The van der Waals surface area contributed by atoms with Gasteiger partial charge in [0, 0.05) is 23.5 Å². The maximum Gasteiger partial charge on any atom is 0.339 e. The van der Waals surface area contributed by atoms with Crippen LogP contribution < -0.4 is 5.32 Å². The minimum Gasteiger partial charge on any atom is -0.452 e. The second-order valence-corrected chi connectivity index (χ2v) is 7.17. The molecule has 28 heavy (non-hydrogen) atoms. The van der Waals surface area contributed by atoms with Crippen molar-refractivity contribution in [2.24, 2.45) is 0 Å². The van der Waals surface area contributed by atoms with Gasteiger partial charge in [-0.1, -0.05) is 42.5 Å². The van der Waals surface area contributed by atoms with Crippen LogP contribution in [0.25, 0.3) is 10.9 Å². The summed E-state index contributed by atoms with van der Waals surface area (Å²) in [5.41, 5.74) is 4.32. The Labute approximate surface area is 163 Å². The largest absolute Gasteiger partial charge is 0.452 e. The second-order valence-electron chi connectivity index (χ2n) is 7.17. The zero-order chi connectivity index (χ0) is 19.5. The normalized spacial score (nSPS) is 13.3. The van der Waals surface area contributed by atoms with Crippen LogP contribution >= 0.6 is 0 Å². The van der Waals surface area contributed by atoms with Gasteiger partial charge < -0.3 is 10.1 Å². The lowest BCUT2D eigenvalue weighted by Crippen LogP contribution is -2.28. The maximum absolute atomic E-state index is 12.7. The molecule has 1 fully saturated rings. The number of rotatable bonds is 6. The van der Waals surface area contributed by atoms with Crippen molar-refractivity contribution in [1.29, 1.82) is 0 Å². The molecule has 3 aromatic rings. The van der Waals surface area contributed by atoms with Crippen LogP contribution in [0.2, 0.25) is 0 Å². The predicted molar refractivity (Wildman–Crippen MR) is 107 cm³/mol. The van der Waals surface area contributed by atoms with E-state index in [1.165, 1.54) is 0 Å². The van der Waals surface area contributed by atoms with Crippen molar-refractivity contribution in [3.63, 3.8) is 0 Å². The molecule has 1 aliphatic carbocycles. The van der Waals surface area contributed by atoms with E-state index in [0.717, 1.165) is 40.6 Å². The van der Waals surface area contributed by atoms with E-state index in [1.54, 1.807) is 0 Å². The third-order valence-electron chi connectivity index (χ3n) is 5.02. The molecule has 1 N–H and O–H groups in total. The number of carbonyl (C=O) groups is 2. The smallest absolute Gasteiger partial charge is 0.339 e. The highest BCUT2D eigenvalue weighted by Gasteiger charge is 2.27. The van der Waals surface area contributed by atoms with E-state index in [1.807, 2.05) is 61.5 Å². The number of carbonyl (C=O) groups excluding carboxylic acids is 2. The topological polar surface area (TPSA) is 68.3 Å². The van der Waals surface area contributed by atoms with Gasteiger partial charge in [0.05, 0.1) is 11.1 Å². The van der Waals surface area contributed by atoms with Crippen LogP contribution in [0.1, 0.15) is 45.9 Å². The Morgan fingerprint density at radius 1 is 1.11 bits per heavy atom. The molecule has 0 aliphatic heterocycles. The van der Waals surface area contributed by atoms with E-state index < -0.39 is 5.97 Å². The van der Waals surface area contributed by atoms with Crippen molar-refractivity contribution < 1.29 is 14.3 Å². The van der Waals surface area contributed by atoms with Gasteiger partial charge >= 0.3 is 5.97 Å². The van der Waals surface area contributed by atoms with Crippen LogP contribution in [0.3, 0.4) is 0 Å². The van der Waals surface area contributed by atoms with Gasteiger partial charge in [0.15, 0.2) is 6.61 Å². The van der Waals surface area contributed by atoms with Crippen molar-refractivity contribution in [2.75, 3.05) is 6.61 Å². The highest BCUT2D eigenvalue weighted by molar-refractivity contribution is 6.04. The average molecular weight is 374 g/mol. The lowest BCUT2D eigenvalue weighted by molar-refractivity contribution is -0.124. The number of ether oxygens (including phenoxy) is 1. The number of nitrogens with zero attached hydrogens (tertiary/aromatic N) is 1. The van der Waals surface area contributed by atoms with Crippen molar-refractivity contribution in [3.8, 4) is 0 Å². The van der Waals surface area contributed by atoms with Gasteiger partial charge in [-0.2, -0.15) is 0 Å². The molecular formula is C23H22N2O3. The van der Waals surface area contributed by atoms with E-state index >= 15 is 0 Å². The second kappa shape index (κ2) is 7.80. The molecule has 0 saturated heterocycles. The molecule has 5 heteroatoms. The maximum atomic E-state index is 12.7. The number of hydrogen-bond donors (Lipinski definition) is 1. The molecule has 0 atom stereocenters. The van der Waals surface area contributed by atoms with Gasteiger partial charge in [-0.25, -0.2) is 4.79 Å². The van der Waals surface area contributed by atoms with Crippen molar-refractivity contribution >= 4 is 22.8 Å². The Kier molecular flexibility index (Phi) is 5.06. The van der Waals surface area contributed by atoms with Crippen molar-refractivity contribution in [3.05, 3.63) is 77.0 Å². The minimum atomic E-state index is -0.494. The van der Waals surface area contributed by atoms with E-state index in [-0.39, 0.29) is 12.5 Å². The summed E-state index contributed by atoms with van der Waals surface area (Å²) in [5.74, 6) is -0.391. The summed E-state index contributed by atoms with van der Waals surface area (Å²) in [6.45, 7) is 2.10. The van der Waals surface area contributed by atoms with Crippen LogP contribution in [0.5, 0.6) is 0 Å². The third-order valence-corrected chi connectivity index (χ3v) is 5.02. The quantitative estimate of drug-likeness (QED) is 0.665. The molecule has 5 nitrogen and oxygen atoms in total. The van der Waals surface area contributed by atoms with E-state index in [9.17, 15) is 9.59 Å². The van der Waals surface area contributed by atoms with Crippen LogP contribution in [-0.2, 0) is 16.1 Å². The van der Waals surface area contributed by atoms with Gasteiger partial charge in [0.2, 0.25) is 0 Å². The molecule has 1 aromatic heterocycles. The Morgan fingerprint density at radius 3 is 2.64 bits per heavy atom. The number of esters is 1. The Hall–Kier alpha value is -3.21. The molecule has 1 saturated carbocycles. The first-order valence-corrected chi connectivity index (χ1v) is 9.50. The van der Waals surface area contributed by atoms with Crippen molar-refractivity contribution in [1.82, 2.24) is 10.3 Å². The molecule has 0 spiro atoms. The molecule has 0 bridgehead atoms. The summed E-state index contributed by atoms with van der Waals surface area (Å²) in [6, 6.07) is 17.2. The molecule has 1 aliphatic rings. The SMILES string of the molecule is Cc1ccccc1CNC(=O)COC(=O)c1cc(C2CC2)nc2ccccc12. The number of benzene rings is 2. The zero-order valence-corrected chi connectivity index (χ0v) is 15.8. The van der Waals surface area contributed by atoms with Crippen LogP contribution in [-0.4, -0.2) is 23.5 Å². The molecule has 1 amide bonds. The Balaban J connectivity index is 1.42. The van der Waals surface area contributed by atoms with E-state index in [2.05, 4.69) is 10.3 Å². The monoisotopic (exact) mass is 374 g/mol. The fourth-order valence-corrected chi connectivity index (χ4v) is 3.22. The van der Waals surface area contributed by atoms with Crippen LogP contribution in [0, 0.1) is 6.92 Å². The standard InChI is InChI=1S/C23H22N2O3/c1-15-6-2-3-7-17(15)13-24-22(26)14-28-23(27)19-12-21(16-10-11-16)25-20-9-5-4-8-18(19)20/h2-9,12,16H,10-11,13-14H2,1H3,(H,24,26). The fraction of sp³-hybridized carbons (Fsp3) is 0.261. The first-order chi connectivity index (χ1) is 13.6. The molecule has 142 valence electrons. The molecule has 0 radical (unpaired) electrons. The summed E-state index contributed by atoms with van der Waals surface area (Å²) >= 11 is 0. The number of amides is 1. The summed E-state index contributed by atoms with van der Waals surface area (Å²) in [7, 11) is 0. The number of fused-ring (bicyclic) bond motifs is 1. The number of para-hydroxylation sites is 1. The molecule has 4 rings (SSSR count). The summed E-state index contributed by atoms with van der Waals surface area (Å²) < 4.78 is 5.29. The van der Waals surface area contributed by atoms with Gasteiger partial charge in [0.1, 0.15) is 0 Å². The number of aromatic nitrogens is 1. The zero-order valence-electron chi connectivity index (χ0n) is 15.8. The van der Waals surface area contributed by atoms with Crippen LogP contribution in [0.4, 0.5) is 0 Å².